The largest absolute Gasteiger partial charge is 0.494 e. The smallest absolute Gasteiger partial charge is 0.404 e. The molecule has 6 heteroatoms. The second-order valence-electron chi connectivity index (χ2n) is 8.96. The summed E-state index contributed by atoms with van der Waals surface area (Å²) in [5.41, 5.74) is 6.10. The standard InChI is InChI=1S/C30H26B2O4/c1-5-13-23(14-6-1)27-21-33-31(35-27)29(25-17-9-3-10-18-25)30(26-19-11-4-12-20-26)32-34-22-28(36-32)24-15-7-2-8-16-24/h1-20,27-28H,21-22H2/b30-29+. The van der Waals surface area contributed by atoms with E-state index >= 15 is 0 Å². The van der Waals surface area contributed by atoms with Crippen LogP contribution in [0.3, 0.4) is 0 Å². The molecule has 4 aromatic carbocycles. The Kier molecular flexibility index (Phi) is 6.83. The zero-order valence-corrected chi connectivity index (χ0v) is 19.9. The van der Waals surface area contributed by atoms with Crippen molar-refractivity contribution in [2.45, 2.75) is 12.2 Å². The Bertz CT molecular complexity index is 1200. The normalized spacial score (nSPS) is 20.4. The fraction of sp³-hybridized carbons (Fsp3) is 0.133. The summed E-state index contributed by atoms with van der Waals surface area (Å²) in [5.74, 6) is 0. The van der Waals surface area contributed by atoms with Gasteiger partial charge in [0.2, 0.25) is 0 Å². The van der Waals surface area contributed by atoms with Gasteiger partial charge in [-0.2, -0.15) is 0 Å². The Hall–Kier alpha value is -3.41. The van der Waals surface area contributed by atoms with Gasteiger partial charge in [0.15, 0.2) is 0 Å². The summed E-state index contributed by atoms with van der Waals surface area (Å²) >= 11 is 0. The first-order chi connectivity index (χ1) is 17.9. The van der Waals surface area contributed by atoms with Gasteiger partial charge in [0.05, 0.1) is 25.4 Å². The first-order valence-corrected chi connectivity index (χ1v) is 12.4. The van der Waals surface area contributed by atoms with Gasteiger partial charge in [-0.3, -0.25) is 0 Å². The third-order valence-corrected chi connectivity index (χ3v) is 6.65. The molecule has 2 aliphatic rings. The Morgan fingerprint density at radius 2 is 0.806 bits per heavy atom. The summed E-state index contributed by atoms with van der Waals surface area (Å²) < 4.78 is 25.7. The van der Waals surface area contributed by atoms with E-state index in [0.29, 0.717) is 13.2 Å². The van der Waals surface area contributed by atoms with Gasteiger partial charge in [0.25, 0.3) is 0 Å². The van der Waals surface area contributed by atoms with Gasteiger partial charge in [-0.15, -0.1) is 0 Å². The first kappa shape index (κ1) is 23.0. The SMILES string of the molecule is c1ccc(/C(B2OCC(c3ccccc3)O2)=C(\B2OCC(c3ccccc3)O2)c2ccccc2)cc1. The summed E-state index contributed by atoms with van der Waals surface area (Å²) in [6.45, 7) is 0.957. The molecular formula is C30H26B2O4. The van der Waals surface area contributed by atoms with E-state index in [-0.39, 0.29) is 12.2 Å². The quantitative estimate of drug-likeness (QED) is 0.247. The summed E-state index contributed by atoms with van der Waals surface area (Å²) in [7, 11) is -1.12. The minimum atomic E-state index is -0.559. The van der Waals surface area contributed by atoms with E-state index in [1.165, 1.54) is 0 Å². The van der Waals surface area contributed by atoms with Gasteiger partial charge in [-0.1, -0.05) is 121 Å². The average molecular weight is 472 g/mol. The maximum Gasteiger partial charge on any atom is 0.494 e. The maximum absolute atomic E-state index is 6.55. The molecule has 4 aromatic rings. The highest BCUT2D eigenvalue weighted by Gasteiger charge is 2.44. The molecule has 0 radical (unpaired) electrons. The Labute approximate surface area is 212 Å². The highest BCUT2D eigenvalue weighted by Crippen LogP contribution is 2.39. The van der Waals surface area contributed by atoms with Crippen molar-refractivity contribution in [1.82, 2.24) is 0 Å². The van der Waals surface area contributed by atoms with Crippen LogP contribution in [-0.2, 0) is 18.6 Å². The summed E-state index contributed by atoms with van der Waals surface area (Å²) in [4.78, 5) is 0. The van der Waals surface area contributed by atoms with Crippen molar-refractivity contribution in [3.63, 3.8) is 0 Å². The van der Waals surface area contributed by atoms with E-state index in [2.05, 4.69) is 48.5 Å². The molecule has 36 heavy (non-hydrogen) atoms. The van der Waals surface area contributed by atoms with Crippen molar-refractivity contribution in [3.05, 3.63) is 144 Å². The predicted molar refractivity (Wildman–Crippen MR) is 144 cm³/mol. The van der Waals surface area contributed by atoms with E-state index in [4.69, 9.17) is 18.6 Å². The molecule has 2 fully saturated rings. The second kappa shape index (κ2) is 10.7. The van der Waals surface area contributed by atoms with Crippen molar-refractivity contribution in [2.75, 3.05) is 13.2 Å². The number of benzene rings is 4. The van der Waals surface area contributed by atoms with Crippen LogP contribution in [0.15, 0.2) is 121 Å². The van der Waals surface area contributed by atoms with Gasteiger partial charge in [-0.05, 0) is 33.2 Å². The van der Waals surface area contributed by atoms with Crippen molar-refractivity contribution >= 4 is 25.2 Å². The molecule has 2 aliphatic heterocycles. The van der Waals surface area contributed by atoms with Gasteiger partial charge in [-0.25, -0.2) is 0 Å². The van der Waals surface area contributed by atoms with Crippen LogP contribution in [0.5, 0.6) is 0 Å². The molecule has 0 spiro atoms. The van der Waals surface area contributed by atoms with Gasteiger partial charge < -0.3 is 18.6 Å². The van der Waals surface area contributed by atoms with Crippen molar-refractivity contribution < 1.29 is 18.6 Å². The molecule has 0 aliphatic carbocycles. The fourth-order valence-corrected chi connectivity index (χ4v) is 4.87. The molecular weight excluding hydrogens is 446 g/mol. The minimum Gasteiger partial charge on any atom is -0.404 e. The monoisotopic (exact) mass is 472 g/mol. The average Bonchev–Trinajstić information content (AvgIpc) is 3.64. The van der Waals surface area contributed by atoms with Crippen LogP contribution in [0.1, 0.15) is 34.5 Å². The van der Waals surface area contributed by atoms with Crippen LogP contribution in [-0.4, -0.2) is 27.5 Å². The molecule has 2 saturated heterocycles. The second-order valence-corrected chi connectivity index (χ2v) is 8.96. The molecule has 2 unspecified atom stereocenters. The third kappa shape index (κ3) is 4.81. The van der Waals surface area contributed by atoms with Gasteiger partial charge in [0, 0.05) is 0 Å². The number of hydrogen-bond acceptors (Lipinski definition) is 4. The van der Waals surface area contributed by atoms with E-state index in [1.54, 1.807) is 0 Å². The van der Waals surface area contributed by atoms with E-state index in [0.717, 1.165) is 33.2 Å². The van der Waals surface area contributed by atoms with Crippen LogP contribution in [0.2, 0.25) is 0 Å². The predicted octanol–water partition coefficient (Wildman–Crippen LogP) is 6.23. The van der Waals surface area contributed by atoms with Crippen LogP contribution in [0.4, 0.5) is 0 Å². The van der Waals surface area contributed by atoms with Crippen LogP contribution < -0.4 is 0 Å². The van der Waals surface area contributed by atoms with Crippen LogP contribution in [0.25, 0.3) is 10.9 Å². The zero-order chi connectivity index (χ0) is 24.2. The first-order valence-electron chi connectivity index (χ1n) is 12.4. The van der Waals surface area contributed by atoms with Gasteiger partial charge >= 0.3 is 14.2 Å². The summed E-state index contributed by atoms with van der Waals surface area (Å²) in [5, 5.41) is 0. The topological polar surface area (TPSA) is 36.9 Å². The molecule has 6 rings (SSSR count). The van der Waals surface area contributed by atoms with E-state index in [9.17, 15) is 0 Å². The van der Waals surface area contributed by atoms with Gasteiger partial charge in [0.1, 0.15) is 0 Å². The summed E-state index contributed by atoms with van der Waals surface area (Å²) in [6, 6.07) is 41.0. The maximum atomic E-state index is 6.55. The zero-order valence-electron chi connectivity index (χ0n) is 19.9. The molecule has 4 nitrogen and oxygen atoms in total. The minimum absolute atomic E-state index is 0.144. The summed E-state index contributed by atoms with van der Waals surface area (Å²) in [6.07, 6.45) is -0.288. The fourth-order valence-electron chi connectivity index (χ4n) is 4.87. The molecule has 0 aromatic heterocycles. The lowest BCUT2D eigenvalue weighted by molar-refractivity contribution is 0.241. The third-order valence-electron chi connectivity index (χ3n) is 6.65. The van der Waals surface area contributed by atoms with Crippen molar-refractivity contribution in [1.29, 1.82) is 0 Å². The highest BCUT2D eigenvalue weighted by atomic mass is 16.6. The number of rotatable bonds is 6. The van der Waals surface area contributed by atoms with Crippen molar-refractivity contribution in [3.8, 4) is 0 Å². The molecule has 2 heterocycles. The van der Waals surface area contributed by atoms with E-state index < -0.39 is 14.2 Å². The molecule has 176 valence electrons. The lowest BCUT2D eigenvalue weighted by Crippen LogP contribution is -2.26. The molecule has 0 amide bonds. The van der Waals surface area contributed by atoms with E-state index in [1.807, 2.05) is 72.8 Å². The molecule has 0 saturated carbocycles. The Morgan fingerprint density at radius 3 is 1.17 bits per heavy atom. The Morgan fingerprint density at radius 1 is 0.472 bits per heavy atom. The van der Waals surface area contributed by atoms with Crippen LogP contribution in [0, 0.1) is 0 Å². The molecule has 0 bridgehead atoms. The lowest BCUT2D eigenvalue weighted by atomic mass is 9.60. The molecule has 0 N–H and O–H groups in total. The molecule has 2 atom stereocenters. The highest BCUT2D eigenvalue weighted by molar-refractivity contribution is 6.82. The van der Waals surface area contributed by atoms with Crippen LogP contribution >= 0.6 is 0 Å². The van der Waals surface area contributed by atoms with Crippen molar-refractivity contribution in [2.24, 2.45) is 0 Å². The Balaban J connectivity index is 1.43. The lowest BCUT2D eigenvalue weighted by Gasteiger charge is -2.20. The number of hydrogen-bond donors (Lipinski definition) is 0.